The van der Waals surface area contributed by atoms with Gasteiger partial charge < -0.3 is 10.2 Å². The molecule has 0 aromatic heterocycles. The molecule has 0 unspecified atom stereocenters. The number of rotatable bonds is 1. The molecule has 0 heterocycles. The Balaban J connectivity index is 2.83. The zero-order valence-electron chi connectivity index (χ0n) is 7.88. The minimum atomic E-state index is -0.305. The van der Waals surface area contributed by atoms with E-state index in [9.17, 15) is 5.11 Å². The van der Waals surface area contributed by atoms with Gasteiger partial charge in [-0.2, -0.15) is 0 Å². The van der Waals surface area contributed by atoms with Crippen LogP contribution in [0.15, 0.2) is 12.2 Å². The zero-order chi connectivity index (χ0) is 9.35. The molecule has 0 spiro atoms. The molecule has 0 aromatic rings. The van der Waals surface area contributed by atoms with E-state index < -0.39 is 0 Å². The predicted molar refractivity (Wildman–Crippen MR) is 48.7 cm³/mol. The van der Waals surface area contributed by atoms with Crippen molar-refractivity contribution in [2.24, 2.45) is 11.3 Å². The van der Waals surface area contributed by atoms with Crippen LogP contribution < -0.4 is 0 Å². The van der Waals surface area contributed by atoms with Gasteiger partial charge in [0.1, 0.15) is 0 Å². The maximum atomic E-state index is 9.70. The minimum absolute atomic E-state index is 0.0567. The fourth-order valence-electron chi connectivity index (χ4n) is 1.99. The molecule has 1 aliphatic rings. The number of hydrogen-bond donors (Lipinski definition) is 2. The molecule has 0 saturated heterocycles. The van der Waals surface area contributed by atoms with E-state index in [1.165, 1.54) is 0 Å². The van der Waals surface area contributed by atoms with Crippen LogP contribution >= 0.6 is 0 Å². The fourth-order valence-corrected chi connectivity index (χ4v) is 1.99. The summed E-state index contributed by atoms with van der Waals surface area (Å²) in [6, 6.07) is 0. The van der Waals surface area contributed by atoms with E-state index in [2.05, 4.69) is 6.58 Å². The van der Waals surface area contributed by atoms with Crippen molar-refractivity contribution in [3.05, 3.63) is 12.2 Å². The number of aliphatic hydroxyl groups is 2. The topological polar surface area (TPSA) is 40.5 Å². The van der Waals surface area contributed by atoms with Gasteiger partial charge in [0, 0.05) is 5.92 Å². The van der Waals surface area contributed by atoms with Gasteiger partial charge in [-0.1, -0.05) is 26.0 Å². The predicted octanol–water partition coefficient (Wildman–Crippen LogP) is 1.33. The van der Waals surface area contributed by atoms with Gasteiger partial charge in [-0.05, 0) is 18.3 Å². The minimum Gasteiger partial charge on any atom is -0.396 e. The quantitative estimate of drug-likeness (QED) is 0.583. The fraction of sp³-hybridized carbons (Fsp3) is 0.800. The summed E-state index contributed by atoms with van der Waals surface area (Å²) in [6.07, 6.45) is 1.32. The van der Waals surface area contributed by atoms with Crippen LogP contribution in [0.1, 0.15) is 26.7 Å². The van der Waals surface area contributed by atoms with Crippen molar-refractivity contribution in [3.63, 3.8) is 0 Å². The molecule has 2 atom stereocenters. The number of hydrogen-bond acceptors (Lipinski definition) is 2. The Morgan fingerprint density at radius 2 is 2.17 bits per heavy atom. The van der Waals surface area contributed by atoms with E-state index >= 15 is 0 Å². The molecule has 2 nitrogen and oxygen atoms in total. The summed E-state index contributed by atoms with van der Waals surface area (Å²) in [5.41, 5.74) is 0.858. The van der Waals surface area contributed by atoms with Crippen LogP contribution in [0.4, 0.5) is 0 Å². The molecule has 12 heavy (non-hydrogen) atoms. The second-order valence-corrected chi connectivity index (χ2v) is 4.27. The van der Waals surface area contributed by atoms with Gasteiger partial charge in [0.05, 0.1) is 12.7 Å². The normalized spacial score (nSPS) is 35.2. The van der Waals surface area contributed by atoms with Crippen LogP contribution in [0.2, 0.25) is 0 Å². The Bertz CT molecular complexity index is 184. The highest BCUT2D eigenvalue weighted by molar-refractivity contribution is 5.11. The van der Waals surface area contributed by atoms with Gasteiger partial charge in [0.25, 0.3) is 0 Å². The summed E-state index contributed by atoms with van der Waals surface area (Å²) in [6.45, 7) is 8.00. The van der Waals surface area contributed by atoms with Crippen molar-refractivity contribution in [2.45, 2.75) is 32.8 Å². The largest absolute Gasteiger partial charge is 0.396 e. The van der Waals surface area contributed by atoms with Gasteiger partial charge in [0.15, 0.2) is 0 Å². The van der Waals surface area contributed by atoms with E-state index in [1.54, 1.807) is 0 Å². The molecule has 1 fully saturated rings. The Kier molecular flexibility index (Phi) is 2.59. The van der Waals surface area contributed by atoms with E-state index in [0.29, 0.717) is 0 Å². The third-order valence-corrected chi connectivity index (χ3v) is 3.17. The van der Waals surface area contributed by atoms with Crippen LogP contribution in [0.5, 0.6) is 0 Å². The summed E-state index contributed by atoms with van der Waals surface area (Å²) in [5, 5.41) is 18.8. The Hall–Kier alpha value is -0.340. The lowest BCUT2D eigenvalue weighted by atomic mass is 9.65. The van der Waals surface area contributed by atoms with Gasteiger partial charge in [-0.25, -0.2) is 0 Å². The van der Waals surface area contributed by atoms with Crippen molar-refractivity contribution < 1.29 is 10.2 Å². The first-order valence-corrected chi connectivity index (χ1v) is 4.46. The van der Waals surface area contributed by atoms with E-state index in [0.717, 1.165) is 18.4 Å². The Morgan fingerprint density at radius 1 is 1.58 bits per heavy atom. The van der Waals surface area contributed by atoms with E-state index in [4.69, 9.17) is 5.11 Å². The van der Waals surface area contributed by atoms with Crippen LogP contribution in [0.25, 0.3) is 0 Å². The smallest absolute Gasteiger partial charge is 0.0600 e. The third kappa shape index (κ3) is 1.41. The first kappa shape index (κ1) is 9.75. The Morgan fingerprint density at radius 3 is 2.58 bits per heavy atom. The van der Waals surface area contributed by atoms with Gasteiger partial charge in [-0.15, -0.1) is 0 Å². The molecule has 1 rings (SSSR count). The van der Waals surface area contributed by atoms with Gasteiger partial charge >= 0.3 is 0 Å². The number of aliphatic hydroxyl groups excluding tert-OH is 2. The molecule has 1 saturated carbocycles. The highest BCUT2D eigenvalue weighted by atomic mass is 16.3. The van der Waals surface area contributed by atoms with Crippen molar-refractivity contribution in [3.8, 4) is 0 Å². The van der Waals surface area contributed by atoms with Crippen LogP contribution in [0.3, 0.4) is 0 Å². The molecular formula is C10H18O2. The van der Waals surface area contributed by atoms with Crippen molar-refractivity contribution in [2.75, 3.05) is 6.61 Å². The van der Waals surface area contributed by atoms with Crippen molar-refractivity contribution in [1.82, 2.24) is 0 Å². The molecule has 0 bridgehead atoms. The van der Waals surface area contributed by atoms with Crippen molar-refractivity contribution in [1.29, 1.82) is 0 Å². The first-order valence-electron chi connectivity index (χ1n) is 4.46. The molecule has 2 heteroatoms. The Labute approximate surface area is 73.9 Å². The average molecular weight is 170 g/mol. The van der Waals surface area contributed by atoms with Crippen LogP contribution in [-0.4, -0.2) is 22.9 Å². The summed E-state index contributed by atoms with van der Waals surface area (Å²) in [5.74, 6) is 0.0567. The monoisotopic (exact) mass is 170 g/mol. The lowest BCUT2D eigenvalue weighted by molar-refractivity contribution is -0.0233. The van der Waals surface area contributed by atoms with Gasteiger partial charge in [0.2, 0.25) is 0 Å². The molecule has 0 aliphatic heterocycles. The lowest BCUT2D eigenvalue weighted by Gasteiger charge is -2.43. The van der Waals surface area contributed by atoms with Crippen LogP contribution in [-0.2, 0) is 0 Å². The zero-order valence-corrected chi connectivity index (χ0v) is 7.88. The summed E-state index contributed by atoms with van der Waals surface area (Å²) < 4.78 is 0. The summed E-state index contributed by atoms with van der Waals surface area (Å²) in [4.78, 5) is 0. The maximum absolute atomic E-state index is 9.70. The average Bonchev–Trinajstić information content (AvgIpc) is 1.98. The molecule has 0 radical (unpaired) electrons. The summed E-state index contributed by atoms with van der Waals surface area (Å²) >= 11 is 0. The molecule has 70 valence electrons. The van der Waals surface area contributed by atoms with Gasteiger partial charge in [-0.3, -0.25) is 0 Å². The molecule has 1 aliphatic carbocycles. The highest BCUT2D eigenvalue weighted by Crippen LogP contribution is 2.42. The molecule has 0 aromatic carbocycles. The molecule has 0 amide bonds. The maximum Gasteiger partial charge on any atom is 0.0600 e. The molecule has 2 N–H and O–H groups in total. The standard InChI is InChI=1S/C10H18O2/c1-7-4-5-9(12)10(2,3)8(7)6-11/h8-9,11-12H,1,4-6H2,2-3H3/t8-,9+/m1/s1. The first-order chi connectivity index (χ1) is 5.50. The third-order valence-electron chi connectivity index (χ3n) is 3.17. The van der Waals surface area contributed by atoms with Crippen molar-refractivity contribution >= 4 is 0 Å². The van der Waals surface area contributed by atoms with Crippen LogP contribution in [0, 0.1) is 11.3 Å². The SMILES string of the molecule is C=C1CC[C@H](O)C(C)(C)[C@@H]1CO. The molecular weight excluding hydrogens is 152 g/mol. The van der Waals surface area contributed by atoms with E-state index in [1.807, 2.05) is 13.8 Å². The van der Waals surface area contributed by atoms with E-state index in [-0.39, 0.29) is 24.0 Å². The highest BCUT2D eigenvalue weighted by Gasteiger charge is 2.40. The lowest BCUT2D eigenvalue weighted by Crippen LogP contribution is -2.42. The summed E-state index contributed by atoms with van der Waals surface area (Å²) in [7, 11) is 0. The second kappa shape index (κ2) is 3.19. The second-order valence-electron chi connectivity index (χ2n) is 4.27.